The van der Waals surface area contributed by atoms with Crippen molar-refractivity contribution in [3.05, 3.63) is 23.8 Å². The first-order chi connectivity index (χ1) is 8.94. The number of hydrogen-bond acceptors (Lipinski definition) is 3. The Kier molecular flexibility index (Phi) is 3.69. The summed E-state index contributed by atoms with van der Waals surface area (Å²) in [6, 6.07) is 4.88. The number of aromatic hydroxyl groups is 1. The van der Waals surface area contributed by atoms with Crippen LogP contribution in [0.15, 0.2) is 18.2 Å². The van der Waals surface area contributed by atoms with Crippen LogP contribution in [0.2, 0.25) is 0 Å². The minimum absolute atomic E-state index is 0.0485. The van der Waals surface area contributed by atoms with E-state index < -0.39 is 0 Å². The van der Waals surface area contributed by atoms with Gasteiger partial charge in [-0.3, -0.25) is 4.79 Å². The third-order valence-electron chi connectivity index (χ3n) is 4.01. The fourth-order valence-electron chi connectivity index (χ4n) is 2.66. The van der Waals surface area contributed by atoms with Crippen LogP contribution in [0, 0.1) is 5.41 Å². The highest BCUT2D eigenvalue weighted by molar-refractivity contribution is 5.97. The third-order valence-corrected chi connectivity index (χ3v) is 4.01. The topological polar surface area (TPSA) is 58.6 Å². The predicted octanol–water partition coefficient (Wildman–Crippen LogP) is 2.71. The van der Waals surface area contributed by atoms with Crippen LogP contribution in [0.3, 0.4) is 0 Å². The molecule has 0 bridgehead atoms. The van der Waals surface area contributed by atoms with E-state index in [1.54, 1.807) is 12.1 Å². The van der Waals surface area contributed by atoms with Crippen molar-refractivity contribution >= 4 is 5.91 Å². The van der Waals surface area contributed by atoms with Crippen molar-refractivity contribution < 1.29 is 14.6 Å². The number of phenolic OH excluding ortho intramolecular Hbond substituents is 1. The maximum Gasteiger partial charge on any atom is 0.255 e. The van der Waals surface area contributed by atoms with Crippen LogP contribution >= 0.6 is 0 Å². The van der Waals surface area contributed by atoms with Crippen LogP contribution in [0.25, 0.3) is 0 Å². The van der Waals surface area contributed by atoms with E-state index in [9.17, 15) is 9.90 Å². The van der Waals surface area contributed by atoms with Crippen LogP contribution in [0.1, 0.15) is 43.5 Å². The monoisotopic (exact) mass is 263 g/mol. The van der Waals surface area contributed by atoms with Crippen LogP contribution in [0.4, 0.5) is 0 Å². The van der Waals surface area contributed by atoms with Crippen LogP contribution in [-0.2, 0) is 0 Å². The molecule has 1 aromatic carbocycles. The second-order valence-corrected chi connectivity index (χ2v) is 5.79. The molecule has 1 fully saturated rings. The number of rotatable bonds is 3. The molecule has 1 unspecified atom stereocenters. The third kappa shape index (κ3) is 2.83. The van der Waals surface area contributed by atoms with Gasteiger partial charge in [-0.2, -0.15) is 0 Å². The molecule has 0 aromatic heterocycles. The highest BCUT2D eigenvalue weighted by atomic mass is 16.5. The van der Waals surface area contributed by atoms with Gasteiger partial charge in [0.2, 0.25) is 0 Å². The molecule has 19 heavy (non-hydrogen) atoms. The first-order valence-electron chi connectivity index (χ1n) is 6.62. The van der Waals surface area contributed by atoms with Crippen molar-refractivity contribution in [2.75, 3.05) is 7.11 Å². The van der Waals surface area contributed by atoms with E-state index >= 15 is 0 Å². The molecular weight excluding hydrogens is 242 g/mol. The maximum atomic E-state index is 12.2. The summed E-state index contributed by atoms with van der Waals surface area (Å²) in [6.07, 6.45) is 3.24. The molecule has 1 saturated carbocycles. The Morgan fingerprint density at radius 2 is 2.21 bits per heavy atom. The molecule has 1 aliphatic rings. The summed E-state index contributed by atoms with van der Waals surface area (Å²) in [5.41, 5.74) is 0.418. The molecule has 2 rings (SSSR count). The molecule has 1 aromatic rings. The summed E-state index contributed by atoms with van der Waals surface area (Å²) in [4.78, 5) is 12.2. The van der Waals surface area contributed by atoms with Gasteiger partial charge in [-0.05, 0) is 30.4 Å². The molecule has 0 spiro atoms. The van der Waals surface area contributed by atoms with E-state index in [1.165, 1.54) is 13.2 Å². The molecule has 1 atom stereocenters. The first kappa shape index (κ1) is 13.7. The Balaban J connectivity index is 2.12. The fourth-order valence-corrected chi connectivity index (χ4v) is 2.66. The molecule has 4 nitrogen and oxygen atoms in total. The van der Waals surface area contributed by atoms with Gasteiger partial charge in [0.1, 0.15) is 11.5 Å². The molecule has 1 amide bonds. The van der Waals surface area contributed by atoms with Crippen molar-refractivity contribution in [1.82, 2.24) is 5.32 Å². The van der Waals surface area contributed by atoms with Crippen LogP contribution in [-0.4, -0.2) is 24.2 Å². The lowest BCUT2D eigenvalue weighted by Gasteiger charge is -2.27. The first-order valence-corrected chi connectivity index (χ1v) is 6.62. The van der Waals surface area contributed by atoms with Gasteiger partial charge in [0.25, 0.3) is 5.91 Å². The Labute approximate surface area is 113 Å². The number of ether oxygens (including phenoxy) is 1. The lowest BCUT2D eigenvalue weighted by Crippen LogP contribution is -2.41. The molecule has 4 heteroatoms. The number of carbonyl (C=O) groups excluding carboxylic acids is 1. The van der Waals surface area contributed by atoms with E-state index in [-0.39, 0.29) is 23.1 Å². The summed E-state index contributed by atoms with van der Waals surface area (Å²) < 4.78 is 5.00. The van der Waals surface area contributed by atoms with Crippen LogP contribution in [0.5, 0.6) is 11.5 Å². The number of benzene rings is 1. The summed E-state index contributed by atoms with van der Waals surface area (Å²) >= 11 is 0. The average molecular weight is 263 g/mol. The van der Waals surface area contributed by atoms with Crippen molar-refractivity contribution in [3.63, 3.8) is 0 Å². The zero-order chi connectivity index (χ0) is 14.0. The van der Waals surface area contributed by atoms with Crippen molar-refractivity contribution in [2.24, 2.45) is 5.41 Å². The standard InChI is InChI=1S/C15H21NO3/c1-15(2)8-4-5-13(15)16-14(18)11-7-6-10(19-3)9-12(11)17/h6-7,9,13,17H,4-5,8H2,1-3H3,(H,16,18). The van der Waals surface area contributed by atoms with Crippen molar-refractivity contribution in [1.29, 1.82) is 0 Å². The van der Waals surface area contributed by atoms with E-state index in [2.05, 4.69) is 19.2 Å². The van der Waals surface area contributed by atoms with Crippen molar-refractivity contribution in [2.45, 2.75) is 39.2 Å². The smallest absolute Gasteiger partial charge is 0.255 e. The van der Waals surface area contributed by atoms with Crippen molar-refractivity contribution in [3.8, 4) is 11.5 Å². The summed E-state index contributed by atoms with van der Waals surface area (Å²) in [5, 5.41) is 12.9. The predicted molar refractivity (Wildman–Crippen MR) is 73.5 cm³/mol. The largest absolute Gasteiger partial charge is 0.507 e. The van der Waals surface area contributed by atoms with Gasteiger partial charge < -0.3 is 15.2 Å². The Bertz CT molecular complexity index is 482. The van der Waals surface area contributed by atoms with Gasteiger partial charge >= 0.3 is 0 Å². The van der Waals surface area contributed by atoms with Gasteiger partial charge in [0, 0.05) is 12.1 Å². The van der Waals surface area contributed by atoms with Gasteiger partial charge in [-0.25, -0.2) is 0 Å². The van der Waals surface area contributed by atoms with Crippen LogP contribution < -0.4 is 10.1 Å². The van der Waals surface area contributed by atoms with Gasteiger partial charge in [0.05, 0.1) is 12.7 Å². The Hall–Kier alpha value is -1.71. The molecule has 0 aliphatic heterocycles. The highest BCUT2D eigenvalue weighted by Gasteiger charge is 2.35. The summed E-state index contributed by atoms with van der Waals surface area (Å²) in [7, 11) is 1.52. The molecule has 104 valence electrons. The molecule has 2 N–H and O–H groups in total. The van der Waals surface area contributed by atoms with E-state index in [0.717, 1.165) is 19.3 Å². The second kappa shape index (κ2) is 5.11. The number of nitrogens with one attached hydrogen (secondary N) is 1. The fraction of sp³-hybridized carbons (Fsp3) is 0.533. The molecule has 1 aliphatic carbocycles. The maximum absolute atomic E-state index is 12.2. The summed E-state index contributed by atoms with van der Waals surface area (Å²) in [6.45, 7) is 4.33. The number of amides is 1. The second-order valence-electron chi connectivity index (χ2n) is 5.79. The van der Waals surface area contributed by atoms with Gasteiger partial charge in [-0.1, -0.05) is 20.3 Å². The zero-order valence-corrected chi connectivity index (χ0v) is 11.7. The molecule has 0 saturated heterocycles. The normalized spacial score (nSPS) is 21.1. The number of hydrogen-bond donors (Lipinski definition) is 2. The molecule has 0 radical (unpaired) electrons. The highest BCUT2D eigenvalue weighted by Crippen LogP contribution is 2.37. The number of carbonyl (C=O) groups is 1. The Morgan fingerprint density at radius 1 is 1.47 bits per heavy atom. The summed E-state index contributed by atoms with van der Waals surface area (Å²) in [5.74, 6) is 0.267. The SMILES string of the molecule is COc1ccc(C(=O)NC2CCCC2(C)C)c(O)c1. The quantitative estimate of drug-likeness (QED) is 0.881. The minimum atomic E-state index is -0.222. The van der Waals surface area contributed by atoms with Gasteiger partial charge in [-0.15, -0.1) is 0 Å². The number of phenols is 1. The average Bonchev–Trinajstić information content (AvgIpc) is 2.68. The molecule has 0 heterocycles. The number of methoxy groups -OCH3 is 1. The Morgan fingerprint density at radius 3 is 2.74 bits per heavy atom. The lowest BCUT2D eigenvalue weighted by atomic mass is 9.87. The molecular formula is C15H21NO3. The van der Waals surface area contributed by atoms with E-state index in [1.807, 2.05) is 0 Å². The minimum Gasteiger partial charge on any atom is -0.507 e. The van der Waals surface area contributed by atoms with E-state index in [0.29, 0.717) is 11.3 Å². The zero-order valence-electron chi connectivity index (χ0n) is 11.7. The lowest BCUT2D eigenvalue weighted by molar-refractivity contribution is 0.0907. The van der Waals surface area contributed by atoms with Gasteiger partial charge in [0.15, 0.2) is 0 Å². The van der Waals surface area contributed by atoms with E-state index in [4.69, 9.17) is 4.74 Å².